The molecular formula is C10H17N3O6S. The van der Waals surface area contributed by atoms with Crippen molar-refractivity contribution in [2.75, 3.05) is 31.6 Å². The lowest BCUT2D eigenvalue weighted by Gasteiger charge is -2.34. The molecule has 1 saturated heterocycles. The maximum atomic E-state index is 11.9. The van der Waals surface area contributed by atoms with Crippen molar-refractivity contribution in [3.05, 3.63) is 0 Å². The Morgan fingerprint density at radius 1 is 1.50 bits per heavy atom. The summed E-state index contributed by atoms with van der Waals surface area (Å²) in [6, 6.07) is -1.73. The molecule has 9 nitrogen and oxygen atoms in total. The molecule has 1 atom stereocenters. The molecule has 114 valence electrons. The molecule has 0 saturated carbocycles. The van der Waals surface area contributed by atoms with Gasteiger partial charge in [-0.15, -0.1) is 0 Å². The topological polar surface area (TPSA) is 133 Å². The summed E-state index contributed by atoms with van der Waals surface area (Å²) in [5.41, 5.74) is 0. The first-order valence-electron chi connectivity index (χ1n) is 5.92. The van der Waals surface area contributed by atoms with E-state index in [9.17, 15) is 22.8 Å². The van der Waals surface area contributed by atoms with E-state index in [0.29, 0.717) is 0 Å². The molecule has 0 aromatic carbocycles. The van der Waals surface area contributed by atoms with Gasteiger partial charge >= 0.3 is 12.0 Å². The predicted molar refractivity (Wildman–Crippen MR) is 68.9 cm³/mol. The van der Waals surface area contributed by atoms with Gasteiger partial charge in [0.15, 0.2) is 0 Å². The predicted octanol–water partition coefficient (Wildman–Crippen LogP) is -1.98. The summed E-state index contributed by atoms with van der Waals surface area (Å²) in [6.45, 7) is 0.318. The van der Waals surface area contributed by atoms with Crippen LogP contribution in [-0.2, 0) is 19.4 Å². The number of carbonyl (C=O) groups excluding carboxylic acids is 2. The van der Waals surface area contributed by atoms with Crippen LogP contribution in [0.25, 0.3) is 0 Å². The third kappa shape index (κ3) is 5.03. The van der Waals surface area contributed by atoms with Crippen molar-refractivity contribution in [1.82, 2.24) is 15.5 Å². The van der Waals surface area contributed by atoms with Crippen LogP contribution in [0.15, 0.2) is 0 Å². The Morgan fingerprint density at radius 2 is 2.15 bits per heavy atom. The minimum atomic E-state index is -3.20. The normalized spacial score (nSPS) is 19.4. The Hall–Kier alpha value is -1.84. The average molecular weight is 307 g/mol. The number of carboxylic acids is 1. The Morgan fingerprint density at radius 3 is 2.70 bits per heavy atom. The van der Waals surface area contributed by atoms with E-state index in [1.165, 1.54) is 0 Å². The van der Waals surface area contributed by atoms with Crippen molar-refractivity contribution in [3.63, 3.8) is 0 Å². The van der Waals surface area contributed by atoms with E-state index < -0.39 is 40.2 Å². The smallest absolute Gasteiger partial charge is 0.318 e. The fraction of sp³-hybridized carbons (Fsp3) is 0.700. The Labute approximate surface area is 116 Å². The van der Waals surface area contributed by atoms with Gasteiger partial charge in [0.2, 0.25) is 5.91 Å². The molecule has 0 spiro atoms. The monoisotopic (exact) mass is 307 g/mol. The molecule has 0 aliphatic carbocycles. The Kier molecular flexibility index (Phi) is 5.31. The number of nitrogens with zero attached hydrogens (tertiary/aromatic N) is 1. The minimum Gasteiger partial charge on any atom is -0.481 e. The van der Waals surface area contributed by atoms with Gasteiger partial charge in [-0.1, -0.05) is 0 Å². The van der Waals surface area contributed by atoms with Gasteiger partial charge in [0.05, 0.1) is 12.2 Å². The molecule has 1 aliphatic rings. The Balaban J connectivity index is 2.63. The quantitative estimate of drug-likeness (QED) is 0.539. The van der Waals surface area contributed by atoms with E-state index in [1.54, 1.807) is 0 Å². The van der Waals surface area contributed by atoms with Crippen LogP contribution in [-0.4, -0.2) is 74.0 Å². The lowest BCUT2D eigenvalue weighted by Crippen LogP contribution is -2.60. The number of carboxylic acid groups (broad SMARTS) is 1. The molecule has 3 amide bonds. The van der Waals surface area contributed by atoms with Crippen molar-refractivity contribution in [1.29, 1.82) is 0 Å². The lowest BCUT2D eigenvalue weighted by molar-refractivity contribution is -0.142. The highest BCUT2D eigenvalue weighted by atomic mass is 32.2. The van der Waals surface area contributed by atoms with E-state index >= 15 is 0 Å². The van der Waals surface area contributed by atoms with Gasteiger partial charge in [-0.3, -0.25) is 9.59 Å². The summed E-state index contributed by atoms with van der Waals surface area (Å²) in [4.78, 5) is 35.3. The lowest BCUT2D eigenvalue weighted by atomic mass is 10.1. The van der Waals surface area contributed by atoms with Crippen molar-refractivity contribution in [3.8, 4) is 0 Å². The van der Waals surface area contributed by atoms with Crippen LogP contribution in [0.5, 0.6) is 0 Å². The second-order valence-corrected chi connectivity index (χ2v) is 6.72. The highest BCUT2D eigenvalue weighted by Gasteiger charge is 2.34. The maximum Gasteiger partial charge on any atom is 0.318 e. The molecule has 1 aliphatic heterocycles. The number of aliphatic carboxylic acids is 1. The van der Waals surface area contributed by atoms with Crippen LogP contribution in [0, 0.1) is 0 Å². The molecule has 0 aromatic rings. The van der Waals surface area contributed by atoms with Gasteiger partial charge in [0, 0.05) is 25.9 Å². The van der Waals surface area contributed by atoms with E-state index in [2.05, 4.69) is 10.6 Å². The third-order valence-electron chi connectivity index (χ3n) is 2.71. The molecule has 3 N–H and O–H groups in total. The summed E-state index contributed by atoms with van der Waals surface area (Å²) < 4.78 is 21.9. The van der Waals surface area contributed by atoms with Crippen molar-refractivity contribution in [2.45, 2.75) is 12.5 Å². The van der Waals surface area contributed by atoms with E-state index in [4.69, 9.17) is 5.11 Å². The highest BCUT2D eigenvalue weighted by Crippen LogP contribution is 2.09. The number of amides is 3. The molecular weight excluding hydrogens is 290 g/mol. The largest absolute Gasteiger partial charge is 0.481 e. The molecule has 0 bridgehead atoms. The van der Waals surface area contributed by atoms with Gasteiger partial charge < -0.3 is 20.6 Å². The first kappa shape index (κ1) is 16.2. The second-order valence-electron chi connectivity index (χ2n) is 4.46. The van der Waals surface area contributed by atoms with Gasteiger partial charge in [-0.2, -0.15) is 0 Å². The zero-order valence-electron chi connectivity index (χ0n) is 11.0. The van der Waals surface area contributed by atoms with Gasteiger partial charge in [-0.25, -0.2) is 13.2 Å². The van der Waals surface area contributed by atoms with Crippen LogP contribution in [0.2, 0.25) is 0 Å². The molecule has 0 radical (unpaired) electrons. The molecule has 1 fully saturated rings. The highest BCUT2D eigenvalue weighted by molar-refractivity contribution is 7.90. The zero-order valence-corrected chi connectivity index (χ0v) is 11.8. The fourth-order valence-electron chi connectivity index (χ4n) is 1.77. The SMILES string of the molecule is CS(=O)(=O)CCNC(=O)N1CCNC(=O)C1CC(=O)O. The number of piperazine rings is 1. The molecule has 1 rings (SSSR count). The van der Waals surface area contributed by atoms with Crippen LogP contribution in [0.1, 0.15) is 6.42 Å². The molecule has 20 heavy (non-hydrogen) atoms. The minimum absolute atomic E-state index is 0.0877. The summed E-state index contributed by atoms with van der Waals surface area (Å²) in [6.07, 6.45) is 0.548. The number of hydrogen-bond acceptors (Lipinski definition) is 5. The summed E-state index contributed by atoms with van der Waals surface area (Å²) >= 11 is 0. The standard InChI is InChI=1S/C10H17N3O6S/c1-20(18,19)5-3-12-10(17)13-4-2-11-9(16)7(13)6-8(14)15/h7H,2-6H2,1H3,(H,11,16)(H,12,17)(H,14,15). The molecule has 1 heterocycles. The summed E-state index contributed by atoms with van der Waals surface area (Å²) in [5.74, 6) is -1.94. The van der Waals surface area contributed by atoms with Crippen molar-refractivity contribution in [2.24, 2.45) is 0 Å². The van der Waals surface area contributed by atoms with E-state index in [0.717, 1.165) is 11.2 Å². The maximum absolute atomic E-state index is 11.9. The molecule has 0 aromatic heterocycles. The molecule has 10 heteroatoms. The summed E-state index contributed by atoms with van der Waals surface area (Å²) in [5, 5.41) is 13.6. The van der Waals surface area contributed by atoms with E-state index in [1.807, 2.05) is 0 Å². The molecule has 1 unspecified atom stereocenters. The van der Waals surface area contributed by atoms with Gasteiger partial charge in [0.25, 0.3) is 0 Å². The van der Waals surface area contributed by atoms with Crippen molar-refractivity contribution >= 4 is 27.7 Å². The third-order valence-corrected chi connectivity index (χ3v) is 3.65. The number of urea groups is 1. The number of carbonyl (C=O) groups is 3. The van der Waals surface area contributed by atoms with E-state index in [-0.39, 0.29) is 25.4 Å². The van der Waals surface area contributed by atoms with Gasteiger partial charge in [-0.05, 0) is 0 Å². The fourth-order valence-corrected chi connectivity index (χ4v) is 2.24. The number of nitrogens with one attached hydrogen (secondary N) is 2. The number of rotatable bonds is 5. The van der Waals surface area contributed by atoms with Gasteiger partial charge in [0.1, 0.15) is 15.9 Å². The zero-order chi connectivity index (χ0) is 15.3. The number of sulfone groups is 1. The van der Waals surface area contributed by atoms with Crippen molar-refractivity contribution < 1.29 is 27.9 Å². The first-order valence-corrected chi connectivity index (χ1v) is 7.98. The van der Waals surface area contributed by atoms with Crippen LogP contribution in [0.3, 0.4) is 0 Å². The van der Waals surface area contributed by atoms with Crippen LogP contribution >= 0.6 is 0 Å². The number of hydrogen-bond donors (Lipinski definition) is 3. The second kappa shape index (κ2) is 6.55. The summed E-state index contributed by atoms with van der Waals surface area (Å²) in [7, 11) is -3.20. The first-order chi connectivity index (χ1) is 9.20. The Bertz CT molecular complexity index is 503. The average Bonchev–Trinajstić information content (AvgIpc) is 2.29. The van der Waals surface area contributed by atoms with Crippen LogP contribution < -0.4 is 10.6 Å². The van der Waals surface area contributed by atoms with Crippen LogP contribution in [0.4, 0.5) is 4.79 Å².